The second kappa shape index (κ2) is 7.81. The number of nitrogens with zero attached hydrogens (tertiary/aromatic N) is 3. The van der Waals surface area contributed by atoms with Crippen molar-refractivity contribution in [2.75, 3.05) is 5.32 Å². The number of imidazole rings is 1. The normalized spacial score (nSPS) is 12.3. The zero-order chi connectivity index (χ0) is 15.1. The minimum atomic E-state index is 0.452. The van der Waals surface area contributed by atoms with Crippen LogP contribution in [0.25, 0.3) is 5.82 Å². The Morgan fingerprint density at radius 1 is 1.19 bits per heavy atom. The molecule has 0 aromatic carbocycles. The molecule has 2 rings (SSSR count). The SMILES string of the molecule is CCCCCCC(C)Nc1cccnc1-n1ccnc1C. The minimum absolute atomic E-state index is 0.452. The molecule has 1 N–H and O–H groups in total. The molecule has 4 nitrogen and oxygen atoms in total. The number of nitrogens with one attached hydrogen (secondary N) is 1. The molecular formula is C17H26N4. The first kappa shape index (κ1) is 15.5. The predicted octanol–water partition coefficient (Wildman–Crippen LogP) is 4.35. The molecule has 2 aromatic heterocycles. The molecule has 0 fully saturated rings. The van der Waals surface area contributed by atoms with E-state index in [4.69, 9.17) is 0 Å². The van der Waals surface area contributed by atoms with Crippen molar-refractivity contribution >= 4 is 5.69 Å². The van der Waals surface area contributed by atoms with Crippen LogP contribution >= 0.6 is 0 Å². The smallest absolute Gasteiger partial charge is 0.161 e. The number of rotatable bonds is 8. The minimum Gasteiger partial charge on any atom is -0.380 e. The maximum absolute atomic E-state index is 4.51. The van der Waals surface area contributed by atoms with Crippen LogP contribution in [0.5, 0.6) is 0 Å². The van der Waals surface area contributed by atoms with Gasteiger partial charge in [-0.2, -0.15) is 0 Å². The Morgan fingerprint density at radius 2 is 2.05 bits per heavy atom. The first-order chi connectivity index (χ1) is 10.2. The molecule has 0 saturated carbocycles. The molecule has 4 heteroatoms. The first-order valence-corrected chi connectivity index (χ1v) is 7.94. The molecule has 0 radical (unpaired) electrons. The highest BCUT2D eigenvalue weighted by molar-refractivity contribution is 5.57. The van der Waals surface area contributed by atoms with E-state index in [1.54, 1.807) is 0 Å². The van der Waals surface area contributed by atoms with Crippen molar-refractivity contribution in [1.82, 2.24) is 14.5 Å². The first-order valence-electron chi connectivity index (χ1n) is 7.94. The van der Waals surface area contributed by atoms with Crippen molar-refractivity contribution < 1.29 is 0 Å². The summed E-state index contributed by atoms with van der Waals surface area (Å²) in [5.41, 5.74) is 1.07. The van der Waals surface area contributed by atoms with Gasteiger partial charge >= 0.3 is 0 Å². The Labute approximate surface area is 127 Å². The Morgan fingerprint density at radius 3 is 2.76 bits per heavy atom. The maximum Gasteiger partial charge on any atom is 0.161 e. The molecule has 2 aromatic rings. The van der Waals surface area contributed by atoms with E-state index in [0.29, 0.717) is 6.04 Å². The Bertz CT molecular complexity index is 547. The number of aromatic nitrogens is 3. The fourth-order valence-corrected chi connectivity index (χ4v) is 2.52. The summed E-state index contributed by atoms with van der Waals surface area (Å²) in [5, 5.41) is 3.59. The van der Waals surface area contributed by atoms with Crippen LogP contribution in [0.15, 0.2) is 30.7 Å². The summed E-state index contributed by atoms with van der Waals surface area (Å²) in [6.07, 6.45) is 12.0. The van der Waals surface area contributed by atoms with Crippen LogP contribution in [0.1, 0.15) is 51.8 Å². The van der Waals surface area contributed by atoms with Crippen LogP contribution in [0.3, 0.4) is 0 Å². The molecule has 0 aliphatic heterocycles. The number of anilines is 1. The van der Waals surface area contributed by atoms with Crippen LogP contribution in [0, 0.1) is 6.92 Å². The molecule has 0 aliphatic rings. The summed E-state index contributed by atoms with van der Waals surface area (Å²) in [4.78, 5) is 8.78. The van der Waals surface area contributed by atoms with E-state index in [0.717, 1.165) is 17.3 Å². The van der Waals surface area contributed by atoms with Gasteiger partial charge < -0.3 is 5.32 Å². The third-order valence-electron chi connectivity index (χ3n) is 3.73. The molecule has 1 unspecified atom stereocenters. The fourth-order valence-electron chi connectivity index (χ4n) is 2.52. The third-order valence-corrected chi connectivity index (χ3v) is 3.73. The van der Waals surface area contributed by atoms with Crippen LogP contribution in [0.2, 0.25) is 0 Å². The number of hydrogen-bond acceptors (Lipinski definition) is 3. The van der Waals surface area contributed by atoms with E-state index in [-0.39, 0.29) is 0 Å². The average molecular weight is 286 g/mol. The number of pyridine rings is 1. The van der Waals surface area contributed by atoms with Crippen molar-refractivity contribution in [2.24, 2.45) is 0 Å². The van der Waals surface area contributed by atoms with Gasteiger partial charge in [0.1, 0.15) is 5.82 Å². The lowest BCUT2D eigenvalue weighted by Gasteiger charge is -2.18. The quantitative estimate of drug-likeness (QED) is 0.734. The molecule has 0 saturated heterocycles. The lowest BCUT2D eigenvalue weighted by atomic mass is 10.1. The highest BCUT2D eigenvalue weighted by Crippen LogP contribution is 2.20. The van der Waals surface area contributed by atoms with Gasteiger partial charge in [-0.25, -0.2) is 9.97 Å². The number of aryl methyl sites for hydroxylation is 1. The van der Waals surface area contributed by atoms with E-state index in [2.05, 4.69) is 35.2 Å². The maximum atomic E-state index is 4.51. The zero-order valence-electron chi connectivity index (χ0n) is 13.3. The van der Waals surface area contributed by atoms with Gasteiger partial charge in [0.15, 0.2) is 5.82 Å². The van der Waals surface area contributed by atoms with Crippen molar-refractivity contribution in [1.29, 1.82) is 0 Å². The predicted molar refractivity (Wildman–Crippen MR) is 87.9 cm³/mol. The van der Waals surface area contributed by atoms with Gasteiger partial charge in [-0.15, -0.1) is 0 Å². The lowest BCUT2D eigenvalue weighted by Crippen LogP contribution is -2.17. The molecule has 114 valence electrons. The van der Waals surface area contributed by atoms with Gasteiger partial charge in [-0.3, -0.25) is 4.57 Å². The second-order valence-electron chi connectivity index (χ2n) is 5.61. The van der Waals surface area contributed by atoms with E-state index in [9.17, 15) is 0 Å². The largest absolute Gasteiger partial charge is 0.380 e. The van der Waals surface area contributed by atoms with Gasteiger partial charge in [-0.05, 0) is 32.4 Å². The summed E-state index contributed by atoms with van der Waals surface area (Å²) in [6, 6.07) is 4.51. The van der Waals surface area contributed by atoms with Crippen molar-refractivity contribution in [3.63, 3.8) is 0 Å². The van der Waals surface area contributed by atoms with Crippen molar-refractivity contribution in [2.45, 2.75) is 58.9 Å². The van der Waals surface area contributed by atoms with E-state index in [1.807, 2.05) is 36.1 Å². The molecule has 2 heterocycles. The molecule has 1 atom stereocenters. The summed E-state index contributed by atoms with van der Waals surface area (Å²) in [6.45, 7) is 6.48. The van der Waals surface area contributed by atoms with E-state index in [1.165, 1.54) is 32.1 Å². The summed E-state index contributed by atoms with van der Waals surface area (Å²) < 4.78 is 2.02. The monoisotopic (exact) mass is 286 g/mol. The van der Waals surface area contributed by atoms with Crippen molar-refractivity contribution in [3.8, 4) is 5.82 Å². The highest BCUT2D eigenvalue weighted by atomic mass is 15.1. The highest BCUT2D eigenvalue weighted by Gasteiger charge is 2.10. The van der Waals surface area contributed by atoms with E-state index < -0.39 is 0 Å². The van der Waals surface area contributed by atoms with Crippen LogP contribution in [-0.2, 0) is 0 Å². The van der Waals surface area contributed by atoms with Gasteiger partial charge in [0.05, 0.1) is 5.69 Å². The molecule has 0 spiro atoms. The molecule has 0 bridgehead atoms. The van der Waals surface area contributed by atoms with Gasteiger partial charge in [0, 0.05) is 24.6 Å². The topological polar surface area (TPSA) is 42.7 Å². The van der Waals surface area contributed by atoms with Gasteiger partial charge in [-0.1, -0.05) is 32.6 Å². The standard InChI is InChI=1S/C17H26N4/c1-4-5-6-7-9-14(2)20-16-10-8-11-19-17(16)21-13-12-18-15(21)3/h8,10-14,20H,4-7,9H2,1-3H3. The number of hydrogen-bond donors (Lipinski definition) is 1. The molecular weight excluding hydrogens is 260 g/mol. The third kappa shape index (κ3) is 4.31. The summed E-state index contributed by atoms with van der Waals surface area (Å²) >= 11 is 0. The zero-order valence-corrected chi connectivity index (χ0v) is 13.3. The Balaban J connectivity index is 2.02. The fraction of sp³-hybridized carbons (Fsp3) is 0.529. The molecule has 21 heavy (non-hydrogen) atoms. The van der Waals surface area contributed by atoms with Crippen LogP contribution in [0.4, 0.5) is 5.69 Å². The summed E-state index contributed by atoms with van der Waals surface area (Å²) in [5.74, 6) is 1.88. The number of unbranched alkanes of at least 4 members (excludes halogenated alkanes) is 3. The second-order valence-corrected chi connectivity index (χ2v) is 5.61. The van der Waals surface area contributed by atoms with E-state index >= 15 is 0 Å². The van der Waals surface area contributed by atoms with Crippen LogP contribution < -0.4 is 5.32 Å². The Kier molecular flexibility index (Phi) is 5.78. The molecule has 0 amide bonds. The average Bonchev–Trinajstić information content (AvgIpc) is 2.90. The van der Waals surface area contributed by atoms with Gasteiger partial charge in [0.2, 0.25) is 0 Å². The van der Waals surface area contributed by atoms with Crippen molar-refractivity contribution in [3.05, 3.63) is 36.5 Å². The van der Waals surface area contributed by atoms with Crippen LogP contribution in [-0.4, -0.2) is 20.6 Å². The molecule has 0 aliphatic carbocycles. The van der Waals surface area contributed by atoms with Gasteiger partial charge in [0.25, 0.3) is 0 Å². The summed E-state index contributed by atoms with van der Waals surface area (Å²) in [7, 11) is 0. The lowest BCUT2D eigenvalue weighted by molar-refractivity contribution is 0.593. The Hall–Kier alpha value is -1.84.